The van der Waals surface area contributed by atoms with Crippen molar-refractivity contribution in [2.45, 2.75) is 33.4 Å². The molecule has 1 atom stereocenters. The van der Waals surface area contributed by atoms with Crippen molar-refractivity contribution in [3.8, 4) is 23.0 Å². The number of ether oxygens (including phenoxy) is 5. The lowest BCUT2D eigenvalue weighted by molar-refractivity contribution is -0.385. The van der Waals surface area contributed by atoms with Crippen molar-refractivity contribution >= 4 is 34.8 Å². The molecule has 1 aromatic heterocycles. The molecule has 0 spiro atoms. The summed E-state index contributed by atoms with van der Waals surface area (Å²) in [7, 11) is 0. The van der Waals surface area contributed by atoms with Crippen LogP contribution in [0, 0.1) is 10.1 Å². The number of fused-ring (bicyclic) bond motifs is 2. The van der Waals surface area contributed by atoms with Gasteiger partial charge in [-0.05, 0) is 56.2 Å². The third-order valence-electron chi connectivity index (χ3n) is 7.37. The molecule has 3 heterocycles. The van der Waals surface area contributed by atoms with Crippen LogP contribution in [0.15, 0.2) is 76.0 Å². The van der Waals surface area contributed by atoms with E-state index in [0.717, 1.165) is 16.9 Å². The van der Waals surface area contributed by atoms with Gasteiger partial charge in [0.1, 0.15) is 12.6 Å². The molecule has 13 heteroatoms. The number of thiazole rings is 1. The molecule has 4 aromatic rings. The zero-order valence-corrected chi connectivity index (χ0v) is 26.0. The first-order valence-electron chi connectivity index (χ1n) is 14.5. The highest BCUT2D eigenvalue weighted by Crippen LogP contribution is 2.39. The fourth-order valence-corrected chi connectivity index (χ4v) is 6.27. The van der Waals surface area contributed by atoms with E-state index in [1.54, 1.807) is 39.0 Å². The summed E-state index contributed by atoms with van der Waals surface area (Å²) >= 11 is 1.05. The van der Waals surface area contributed by atoms with Gasteiger partial charge in [-0.25, -0.2) is 9.79 Å². The maximum absolute atomic E-state index is 13.8. The minimum Gasteiger partial charge on any atom is -0.490 e. The molecule has 6 rings (SSSR count). The predicted octanol–water partition coefficient (Wildman–Crippen LogP) is 4.52. The highest BCUT2D eigenvalue weighted by atomic mass is 32.1. The maximum Gasteiger partial charge on any atom is 0.338 e. The number of nitro groups is 1. The van der Waals surface area contributed by atoms with Crippen LogP contribution in [0.2, 0.25) is 0 Å². The average Bonchev–Trinajstić information content (AvgIpc) is 3.64. The van der Waals surface area contributed by atoms with Crippen LogP contribution in [-0.4, -0.2) is 35.5 Å². The van der Waals surface area contributed by atoms with Crippen molar-refractivity contribution in [3.63, 3.8) is 0 Å². The van der Waals surface area contributed by atoms with Gasteiger partial charge >= 0.3 is 5.97 Å². The molecule has 0 saturated carbocycles. The van der Waals surface area contributed by atoms with Gasteiger partial charge < -0.3 is 23.7 Å². The van der Waals surface area contributed by atoms with Crippen LogP contribution in [0.3, 0.4) is 0 Å². The molecular formula is C33H29N3O9S. The van der Waals surface area contributed by atoms with Gasteiger partial charge in [0.25, 0.3) is 11.2 Å². The number of allylic oxidation sites excluding steroid dienone is 1. The minimum absolute atomic E-state index is 0.0845. The molecule has 0 amide bonds. The van der Waals surface area contributed by atoms with Crippen molar-refractivity contribution in [2.24, 2.45) is 4.99 Å². The third-order valence-corrected chi connectivity index (χ3v) is 8.35. The number of carbonyl (C=O) groups is 1. The molecule has 236 valence electrons. The quantitative estimate of drug-likeness (QED) is 0.139. The number of nitrogens with zero attached hydrogens (tertiary/aromatic N) is 3. The Morgan fingerprint density at radius 1 is 1.07 bits per heavy atom. The number of esters is 1. The first kappa shape index (κ1) is 30.6. The Balaban J connectivity index is 1.47. The summed E-state index contributed by atoms with van der Waals surface area (Å²) in [6.45, 7) is 5.82. The fraction of sp³-hybridized carbons (Fsp3) is 0.242. The van der Waals surface area contributed by atoms with Crippen LogP contribution in [0.4, 0.5) is 5.69 Å². The lowest BCUT2D eigenvalue weighted by Crippen LogP contribution is -2.35. The lowest BCUT2D eigenvalue weighted by atomic mass is 9.96. The van der Waals surface area contributed by atoms with E-state index in [1.165, 1.54) is 22.8 Å². The molecule has 0 bridgehead atoms. The second-order valence-corrected chi connectivity index (χ2v) is 11.2. The third kappa shape index (κ3) is 5.84. The Labute approximate surface area is 266 Å². The number of nitro benzene ring substituents is 1. The zero-order chi connectivity index (χ0) is 32.4. The van der Waals surface area contributed by atoms with Crippen LogP contribution in [0.25, 0.3) is 11.8 Å². The van der Waals surface area contributed by atoms with Crippen LogP contribution in [-0.2, 0) is 16.1 Å². The van der Waals surface area contributed by atoms with Gasteiger partial charge in [-0.1, -0.05) is 47.7 Å². The highest BCUT2D eigenvalue weighted by molar-refractivity contribution is 7.07. The summed E-state index contributed by atoms with van der Waals surface area (Å²) in [6, 6.07) is 16.7. The molecule has 2 aliphatic heterocycles. The predicted molar refractivity (Wildman–Crippen MR) is 169 cm³/mol. The zero-order valence-electron chi connectivity index (χ0n) is 25.2. The van der Waals surface area contributed by atoms with Crippen LogP contribution in [0.1, 0.15) is 43.5 Å². The summed E-state index contributed by atoms with van der Waals surface area (Å²) in [5.74, 6) is 0.989. The number of aromatic nitrogens is 1. The van der Waals surface area contributed by atoms with Crippen molar-refractivity contribution in [2.75, 3.05) is 20.0 Å². The maximum atomic E-state index is 13.8. The van der Waals surface area contributed by atoms with Crippen LogP contribution >= 0.6 is 11.3 Å². The van der Waals surface area contributed by atoms with Crippen molar-refractivity contribution < 1.29 is 33.4 Å². The minimum atomic E-state index is -0.792. The van der Waals surface area contributed by atoms with Gasteiger partial charge in [0.05, 0.1) is 39.9 Å². The van der Waals surface area contributed by atoms with E-state index in [-0.39, 0.29) is 53.7 Å². The Kier molecular flexibility index (Phi) is 8.57. The van der Waals surface area contributed by atoms with E-state index in [2.05, 4.69) is 0 Å². The lowest BCUT2D eigenvalue weighted by Gasteiger charge is -2.22. The largest absolute Gasteiger partial charge is 0.490 e. The van der Waals surface area contributed by atoms with Crippen LogP contribution in [0.5, 0.6) is 23.0 Å². The molecule has 0 aliphatic carbocycles. The number of rotatable bonds is 10. The second kappa shape index (κ2) is 12.9. The van der Waals surface area contributed by atoms with Crippen molar-refractivity contribution in [3.05, 3.63) is 113 Å². The molecular weight excluding hydrogens is 614 g/mol. The van der Waals surface area contributed by atoms with E-state index >= 15 is 0 Å². The molecule has 0 N–H and O–H groups in total. The van der Waals surface area contributed by atoms with Crippen molar-refractivity contribution in [1.29, 1.82) is 0 Å². The Morgan fingerprint density at radius 3 is 2.57 bits per heavy atom. The summed E-state index contributed by atoms with van der Waals surface area (Å²) in [5, 5.41) is 12.2. The average molecular weight is 644 g/mol. The normalized spacial score (nSPS) is 15.3. The molecule has 12 nitrogen and oxygen atoms in total. The number of carbonyl (C=O) groups excluding carboxylic acids is 1. The van der Waals surface area contributed by atoms with Crippen molar-refractivity contribution in [1.82, 2.24) is 4.57 Å². The summed E-state index contributed by atoms with van der Waals surface area (Å²) in [4.78, 5) is 43.8. The first-order chi connectivity index (χ1) is 22.3. The summed E-state index contributed by atoms with van der Waals surface area (Å²) < 4.78 is 29.5. The van der Waals surface area contributed by atoms with E-state index < -0.39 is 22.5 Å². The van der Waals surface area contributed by atoms with E-state index in [4.69, 9.17) is 28.7 Å². The molecule has 0 saturated heterocycles. The monoisotopic (exact) mass is 643 g/mol. The molecule has 46 heavy (non-hydrogen) atoms. The second-order valence-electron chi connectivity index (χ2n) is 10.2. The van der Waals surface area contributed by atoms with Gasteiger partial charge in [0.2, 0.25) is 6.79 Å². The number of hydrogen-bond donors (Lipinski definition) is 0. The van der Waals surface area contributed by atoms with E-state index in [9.17, 15) is 19.7 Å². The van der Waals surface area contributed by atoms with Gasteiger partial charge in [-0.15, -0.1) is 0 Å². The van der Waals surface area contributed by atoms with Gasteiger partial charge in [0, 0.05) is 5.70 Å². The highest BCUT2D eigenvalue weighted by Gasteiger charge is 2.32. The molecule has 0 fully saturated rings. The molecule has 3 aromatic carbocycles. The summed E-state index contributed by atoms with van der Waals surface area (Å²) in [6.07, 6.45) is 1.43. The first-order valence-corrected chi connectivity index (χ1v) is 15.3. The Hall–Kier alpha value is -5.43. The van der Waals surface area contributed by atoms with Crippen LogP contribution < -0.4 is 33.8 Å². The topological polar surface area (TPSA) is 141 Å². The number of hydrogen-bond acceptors (Lipinski definition) is 11. The van der Waals surface area contributed by atoms with Gasteiger partial charge in [0.15, 0.2) is 27.8 Å². The SMILES string of the molecule is CCOC(=O)C1=C(C)n2c(s/c(=C\c3cc(OCC)c(OCc4ccccc4)cc3[N+](=O)[O-])c2=O)=N[C@@H]1c1ccc2c(c1)OCO2. The fourth-order valence-electron chi connectivity index (χ4n) is 5.24. The standard InChI is InChI=1S/C33H29N3O9S/c1-4-41-26-14-22(23(36(39)40)16-27(26)43-17-20-9-7-6-8-10-20)15-28-31(37)35-19(3)29(32(38)42-5-2)30(34-33(35)46-28)21-11-12-24-25(13-21)45-18-44-24/h6-16,30H,4-5,17-18H2,1-3H3/b28-15-/t30-/m1/s1. The van der Waals surface area contributed by atoms with Gasteiger partial charge in [-0.3, -0.25) is 19.5 Å². The van der Waals surface area contributed by atoms with Gasteiger partial charge in [-0.2, -0.15) is 0 Å². The molecule has 0 unspecified atom stereocenters. The molecule has 2 aliphatic rings. The van der Waals surface area contributed by atoms with E-state index in [1.807, 2.05) is 30.3 Å². The number of benzene rings is 3. The summed E-state index contributed by atoms with van der Waals surface area (Å²) in [5.41, 5.74) is 1.48. The Morgan fingerprint density at radius 2 is 1.83 bits per heavy atom. The Bertz CT molecular complexity index is 2050. The smallest absolute Gasteiger partial charge is 0.338 e. The molecule has 0 radical (unpaired) electrons. The van der Waals surface area contributed by atoms with E-state index in [0.29, 0.717) is 33.3 Å².